The second-order valence-corrected chi connectivity index (χ2v) is 4.78. The lowest BCUT2D eigenvalue weighted by Gasteiger charge is -1.91. The van der Waals surface area contributed by atoms with E-state index in [0.29, 0.717) is 5.69 Å². The van der Waals surface area contributed by atoms with Crippen molar-refractivity contribution in [1.82, 2.24) is 15.0 Å². The monoisotopic (exact) mass is 319 g/mol. The molecule has 0 aliphatic rings. The lowest BCUT2D eigenvalue weighted by atomic mass is 10.2. The molecule has 2 aromatic rings. The van der Waals surface area contributed by atoms with Gasteiger partial charge in [0.15, 0.2) is 5.69 Å². The summed E-state index contributed by atoms with van der Waals surface area (Å²) < 4.78 is 2.48. The average Bonchev–Trinajstić information content (AvgIpc) is 2.73. The lowest BCUT2D eigenvalue weighted by Crippen LogP contribution is -2.00. The summed E-state index contributed by atoms with van der Waals surface area (Å²) in [6, 6.07) is 1.91. The molecule has 0 aliphatic carbocycles. The van der Waals surface area contributed by atoms with Gasteiger partial charge in [-0.15, -0.1) is 16.4 Å². The van der Waals surface area contributed by atoms with Gasteiger partial charge in [-0.25, -0.2) is 0 Å². The molecule has 0 radical (unpaired) electrons. The van der Waals surface area contributed by atoms with Crippen molar-refractivity contribution in [3.05, 3.63) is 31.8 Å². The first-order valence-electron chi connectivity index (χ1n) is 3.82. The molecule has 0 bridgehead atoms. The predicted molar refractivity (Wildman–Crippen MR) is 61.5 cm³/mol. The van der Waals surface area contributed by atoms with Crippen LogP contribution in [0.3, 0.4) is 0 Å². The van der Waals surface area contributed by atoms with E-state index in [0.717, 1.165) is 8.45 Å². The fourth-order valence-electron chi connectivity index (χ4n) is 1.02. The van der Waals surface area contributed by atoms with Gasteiger partial charge in [0.1, 0.15) is 0 Å². The fourth-order valence-corrected chi connectivity index (χ4v) is 2.81. The van der Waals surface area contributed by atoms with Gasteiger partial charge in [-0.2, -0.15) is 0 Å². The Morgan fingerprint density at radius 3 is 2.93 bits per heavy atom. The molecule has 0 saturated heterocycles. The minimum absolute atomic E-state index is 0.0579. The molecule has 2 aromatic heterocycles. The van der Waals surface area contributed by atoms with E-state index < -0.39 is 0 Å². The molecule has 0 unspecified atom stereocenters. The van der Waals surface area contributed by atoms with Crippen molar-refractivity contribution >= 4 is 39.7 Å². The smallest absolute Gasteiger partial charge is 0.225 e. The second-order valence-electron chi connectivity index (χ2n) is 2.70. The Hall–Kier alpha value is -0.760. The van der Waals surface area contributed by atoms with Crippen LogP contribution in [0.4, 0.5) is 0 Å². The Kier molecular flexibility index (Phi) is 2.64. The zero-order chi connectivity index (χ0) is 10.1. The molecule has 6 heteroatoms. The van der Waals surface area contributed by atoms with Crippen LogP contribution in [0.5, 0.6) is 0 Å². The first kappa shape index (κ1) is 9.78. The van der Waals surface area contributed by atoms with E-state index in [1.165, 1.54) is 16.0 Å². The van der Waals surface area contributed by atoms with Crippen molar-refractivity contribution in [2.75, 3.05) is 0 Å². The highest BCUT2D eigenvalue weighted by Gasteiger charge is 2.16. The normalized spacial score (nSPS) is 10.4. The largest absolute Gasteiger partial charge is 0.286 e. The van der Waals surface area contributed by atoms with Crippen molar-refractivity contribution in [3.63, 3.8) is 0 Å². The van der Waals surface area contributed by atoms with Crippen LogP contribution >= 0.6 is 33.9 Å². The van der Waals surface area contributed by atoms with E-state index >= 15 is 0 Å². The van der Waals surface area contributed by atoms with Gasteiger partial charge in [0, 0.05) is 10.6 Å². The number of thiophene rings is 1. The third-order valence-corrected chi connectivity index (χ3v) is 3.84. The summed E-state index contributed by atoms with van der Waals surface area (Å²) in [7, 11) is 1.74. The van der Waals surface area contributed by atoms with Crippen LogP contribution in [0, 0.1) is 3.57 Å². The van der Waals surface area contributed by atoms with E-state index in [4.69, 9.17) is 0 Å². The first-order valence-corrected chi connectivity index (χ1v) is 5.78. The summed E-state index contributed by atoms with van der Waals surface area (Å²) >= 11 is 3.57. The molecule has 0 atom stereocenters. The highest BCUT2D eigenvalue weighted by molar-refractivity contribution is 14.1. The Balaban J connectivity index is 2.38. The third-order valence-electron chi connectivity index (χ3n) is 1.66. The highest BCUT2D eigenvalue weighted by atomic mass is 127. The summed E-state index contributed by atoms with van der Waals surface area (Å²) in [5, 5.41) is 9.40. The average molecular weight is 319 g/mol. The Labute approximate surface area is 98.1 Å². The topological polar surface area (TPSA) is 47.8 Å². The molecular formula is C8H6IN3OS. The number of halogens is 1. The van der Waals surface area contributed by atoms with E-state index in [1.54, 1.807) is 13.2 Å². The van der Waals surface area contributed by atoms with Gasteiger partial charge in [-0.3, -0.25) is 9.48 Å². The number of carbonyl (C=O) groups is 1. The maximum atomic E-state index is 11.8. The van der Waals surface area contributed by atoms with Crippen molar-refractivity contribution in [2.24, 2.45) is 7.05 Å². The van der Waals surface area contributed by atoms with Gasteiger partial charge in [-0.05, 0) is 34.0 Å². The molecule has 0 spiro atoms. The van der Waals surface area contributed by atoms with Crippen LogP contribution in [-0.4, -0.2) is 20.8 Å². The molecular weight excluding hydrogens is 313 g/mol. The molecule has 4 nitrogen and oxygen atoms in total. The maximum Gasteiger partial charge on any atom is 0.225 e. The Bertz CT molecular complexity index is 476. The molecule has 0 amide bonds. The predicted octanol–water partition coefficient (Wildman–Crippen LogP) is 1.71. The van der Waals surface area contributed by atoms with E-state index in [2.05, 4.69) is 32.9 Å². The van der Waals surface area contributed by atoms with E-state index in [1.807, 2.05) is 11.4 Å². The molecule has 14 heavy (non-hydrogen) atoms. The first-order chi connectivity index (χ1) is 6.68. The molecule has 0 fully saturated rings. The summed E-state index contributed by atoms with van der Waals surface area (Å²) in [5.74, 6) is -0.0579. The second kappa shape index (κ2) is 3.77. The zero-order valence-corrected chi connectivity index (χ0v) is 10.2. The van der Waals surface area contributed by atoms with Crippen molar-refractivity contribution in [1.29, 1.82) is 0 Å². The number of hydrogen-bond donors (Lipinski definition) is 0. The van der Waals surface area contributed by atoms with Gasteiger partial charge in [0.2, 0.25) is 5.78 Å². The standard InChI is InChI=1S/C8H6IN3OS/c1-12-4-6(10-11-12)7(13)8-5(9)2-3-14-8/h2-4H,1H3. The van der Waals surface area contributed by atoms with Crippen LogP contribution in [0.1, 0.15) is 15.4 Å². The Morgan fingerprint density at radius 2 is 2.43 bits per heavy atom. The molecule has 2 heterocycles. The molecule has 0 aliphatic heterocycles. The van der Waals surface area contributed by atoms with Crippen LogP contribution in [-0.2, 0) is 7.05 Å². The Morgan fingerprint density at radius 1 is 1.64 bits per heavy atom. The van der Waals surface area contributed by atoms with Gasteiger partial charge < -0.3 is 0 Å². The lowest BCUT2D eigenvalue weighted by molar-refractivity contribution is 0.103. The van der Waals surface area contributed by atoms with Gasteiger partial charge >= 0.3 is 0 Å². The van der Waals surface area contributed by atoms with Crippen LogP contribution in [0.25, 0.3) is 0 Å². The van der Waals surface area contributed by atoms with Crippen molar-refractivity contribution < 1.29 is 4.79 Å². The third kappa shape index (κ3) is 1.71. The van der Waals surface area contributed by atoms with Gasteiger partial charge in [0.25, 0.3) is 0 Å². The number of aryl methyl sites for hydroxylation is 1. The van der Waals surface area contributed by atoms with Crippen molar-refractivity contribution in [2.45, 2.75) is 0 Å². The maximum absolute atomic E-state index is 11.8. The summed E-state index contributed by atoms with van der Waals surface area (Å²) in [5.41, 5.74) is 0.396. The van der Waals surface area contributed by atoms with Crippen molar-refractivity contribution in [3.8, 4) is 0 Å². The number of hydrogen-bond acceptors (Lipinski definition) is 4. The molecule has 0 saturated carbocycles. The van der Waals surface area contributed by atoms with Crippen LogP contribution in [0.15, 0.2) is 17.6 Å². The number of carbonyl (C=O) groups excluding carboxylic acids is 1. The molecule has 0 N–H and O–H groups in total. The summed E-state index contributed by atoms with van der Waals surface area (Å²) in [6.45, 7) is 0. The van der Waals surface area contributed by atoms with Gasteiger partial charge in [0.05, 0.1) is 11.1 Å². The molecule has 72 valence electrons. The number of ketones is 1. The number of nitrogens with zero attached hydrogens (tertiary/aromatic N) is 3. The quantitative estimate of drug-likeness (QED) is 0.625. The number of rotatable bonds is 2. The highest BCUT2D eigenvalue weighted by Crippen LogP contribution is 2.21. The number of aromatic nitrogens is 3. The fraction of sp³-hybridized carbons (Fsp3) is 0.125. The summed E-state index contributed by atoms with van der Waals surface area (Å²) in [6.07, 6.45) is 1.62. The minimum atomic E-state index is -0.0579. The molecule has 0 aromatic carbocycles. The SMILES string of the molecule is Cn1cc(C(=O)c2sccc2I)nn1. The van der Waals surface area contributed by atoms with Crippen LogP contribution < -0.4 is 0 Å². The van der Waals surface area contributed by atoms with Gasteiger partial charge in [-0.1, -0.05) is 5.21 Å². The zero-order valence-electron chi connectivity index (χ0n) is 7.27. The van der Waals surface area contributed by atoms with Crippen LogP contribution in [0.2, 0.25) is 0 Å². The summed E-state index contributed by atoms with van der Waals surface area (Å²) in [4.78, 5) is 12.6. The van der Waals surface area contributed by atoms with E-state index in [9.17, 15) is 4.79 Å². The molecule has 2 rings (SSSR count). The minimum Gasteiger partial charge on any atom is -0.286 e. The van der Waals surface area contributed by atoms with E-state index in [-0.39, 0.29) is 5.78 Å².